The van der Waals surface area contributed by atoms with Gasteiger partial charge < -0.3 is 14.2 Å². The van der Waals surface area contributed by atoms with Crippen molar-refractivity contribution < 1.29 is 27.8 Å². The quantitative estimate of drug-likeness (QED) is 0.259. The maximum atomic E-state index is 13.6. The summed E-state index contributed by atoms with van der Waals surface area (Å²) in [4.78, 5) is 2.27. The Morgan fingerprint density at radius 2 is 1.02 bits per heavy atom. The van der Waals surface area contributed by atoms with Gasteiger partial charge in [-0.2, -0.15) is 4.31 Å². The lowest BCUT2D eigenvalue weighted by molar-refractivity contribution is -0.168. The van der Waals surface area contributed by atoms with Gasteiger partial charge in [0.15, 0.2) is 0 Å². The van der Waals surface area contributed by atoms with Crippen LogP contribution in [0.3, 0.4) is 0 Å². The van der Waals surface area contributed by atoms with Gasteiger partial charge in [0.2, 0.25) is 10.0 Å². The summed E-state index contributed by atoms with van der Waals surface area (Å²) in [6, 6.07) is 23.2. The highest BCUT2D eigenvalue weighted by molar-refractivity contribution is 7.97. The third-order valence-electron chi connectivity index (χ3n) is 7.29. The van der Waals surface area contributed by atoms with Gasteiger partial charge in [-0.25, -0.2) is 17.7 Å². The number of rotatable bonds is 7. The number of nitrogens with zero attached hydrogens (tertiary/aromatic N) is 4. The standard InChI is InChI=1S/C33H46N4O6S3/c1-28-4-10-31(11-5-28)44-35-18-24-41-22-16-34(37(38)45-32-12-6-29(2)7-13-32)17-23-42-26-20-36(21-27-43-25-19-35)46(39,40)33-14-8-30(3)9-15-33/h4-15,38H,16-27H2,1-3H3. The molecule has 3 aromatic carbocycles. The van der Waals surface area contributed by atoms with E-state index in [0.29, 0.717) is 52.6 Å². The molecule has 1 saturated heterocycles. The molecule has 1 aliphatic heterocycles. The average Bonchev–Trinajstić information content (AvgIpc) is 3.04. The van der Waals surface area contributed by atoms with Crippen molar-refractivity contribution in [1.29, 1.82) is 0 Å². The summed E-state index contributed by atoms with van der Waals surface area (Å²) in [7, 11) is -3.74. The number of benzene rings is 3. The van der Waals surface area contributed by atoms with E-state index in [4.69, 9.17) is 14.2 Å². The average molecular weight is 691 g/mol. The molecule has 0 atom stereocenters. The molecule has 1 aliphatic rings. The normalized spacial score (nSPS) is 18.3. The monoisotopic (exact) mass is 690 g/mol. The van der Waals surface area contributed by atoms with E-state index < -0.39 is 10.0 Å². The summed E-state index contributed by atoms with van der Waals surface area (Å²) in [6.45, 7) is 10.7. The van der Waals surface area contributed by atoms with Crippen molar-refractivity contribution in [2.45, 2.75) is 35.5 Å². The van der Waals surface area contributed by atoms with Crippen molar-refractivity contribution in [1.82, 2.24) is 18.2 Å². The van der Waals surface area contributed by atoms with Crippen LogP contribution in [0.2, 0.25) is 0 Å². The molecule has 3 aromatic rings. The van der Waals surface area contributed by atoms with Crippen molar-refractivity contribution in [2.24, 2.45) is 0 Å². The molecule has 10 nitrogen and oxygen atoms in total. The predicted octanol–water partition coefficient (Wildman–Crippen LogP) is 5.29. The molecule has 0 aliphatic carbocycles. The first kappa shape index (κ1) is 36.8. The molecule has 4 rings (SSSR count). The highest BCUT2D eigenvalue weighted by Crippen LogP contribution is 2.24. The zero-order valence-electron chi connectivity index (χ0n) is 26.9. The smallest absolute Gasteiger partial charge is 0.243 e. The van der Waals surface area contributed by atoms with Gasteiger partial charge >= 0.3 is 0 Å². The Kier molecular flexibility index (Phi) is 15.3. The van der Waals surface area contributed by atoms with Gasteiger partial charge in [0, 0.05) is 61.0 Å². The molecule has 1 N–H and O–H groups in total. The molecule has 0 unspecified atom stereocenters. The first-order chi connectivity index (χ1) is 22.2. The topological polar surface area (TPSA) is 95.0 Å². The lowest BCUT2D eigenvalue weighted by Gasteiger charge is -2.29. The summed E-state index contributed by atoms with van der Waals surface area (Å²) < 4.78 is 49.8. The maximum absolute atomic E-state index is 13.6. The summed E-state index contributed by atoms with van der Waals surface area (Å²) in [5.74, 6) is 0. The van der Waals surface area contributed by atoms with Gasteiger partial charge in [0.05, 0.1) is 44.5 Å². The Bertz CT molecular complexity index is 1410. The number of hydrogen-bond donors (Lipinski definition) is 1. The van der Waals surface area contributed by atoms with Gasteiger partial charge in [0.25, 0.3) is 0 Å². The van der Waals surface area contributed by atoms with Crippen LogP contribution >= 0.6 is 23.9 Å². The molecule has 0 amide bonds. The van der Waals surface area contributed by atoms with Crippen LogP contribution < -0.4 is 0 Å². The van der Waals surface area contributed by atoms with Gasteiger partial charge in [0.1, 0.15) is 0 Å². The lowest BCUT2D eigenvalue weighted by atomic mass is 10.2. The predicted molar refractivity (Wildman–Crippen MR) is 183 cm³/mol. The summed E-state index contributed by atoms with van der Waals surface area (Å²) in [5, 5.41) is 12.7. The highest BCUT2D eigenvalue weighted by Gasteiger charge is 2.24. The molecule has 0 bridgehead atoms. The summed E-state index contributed by atoms with van der Waals surface area (Å²) in [6.07, 6.45) is 0. The van der Waals surface area contributed by atoms with E-state index in [1.807, 2.05) is 38.1 Å². The third-order valence-corrected chi connectivity index (χ3v) is 11.2. The van der Waals surface area contributed by atoms with Crippen molar-refractivity contribution >= 4 is 33.9 Å². The van der Waals surface area contributed by atoms with Crippen LogP contribution in [-0.2, 0) is 24.2 Å². The van der Waals surface area contributed by atoms with Gasteiger partial charge in [-0.3, -0.25) is 5.21 Å². The number of aryl methyl sites for hydroxylation is 3. The zero-order valence-corrected chi connectivity index (χ0v) is 29.4. The Labute approximate surface area is 282 Å². The molecular formula is C33H46N4O6S3. The van der Waals surface area contributed by atoms with E-state index >= 15 is 0 Å². The first-order valence-electron chi connectivity index (χ1n) is 15.5. The number of hydrazine groups is 1. The van der Waals surface area contributed by atoms with E-state index in [2.05, 4.69) is 35.5 Å². The Balaban J connectivity index is 1.44. The van der Waals surface area contributed by atoms with Crippen LogP contribution in [0.25, 0.3) is 0 Å². The second-order valence-corrected chi connectivity index (χ2v) is 15.1. The largest absolute Gasteiger partial charge is 0.379 e. The fourth-order valence-electron chi connectivity index (χ4n) is 4.51. The van der Waals surface area contributed by atoms with Gasteiger partial charge in [-0.15, -0.1) is 0 Å². The molecule has 1 fully saturated rings. The van der Waals surface area contributed by atoms with Gasteiger partial charge in [-0.1, -0.05) is 57.7 Å². The first-order valence-corrected chi connectivity index (χ1v) is 18.5. The Morgan fingerprint density at radius 1 is 0.609 bits per heavy atom. The number of sulfonamides is 1. The second kappa shape index (κ2) is 19.1. The zero-order chi connectivity index (χ0) is 32.8. The van der Waals surface area contributed by atoms with Gasteiger partial charge in [-0.05, 0) is 69.1 Å². The van der Waals surface area contributed by atoms with Crippen LogP contribution in [0.5, 0.6) is 0 Å². The maximum Gasteiger partial charge on any atom is 0.243 e. The SMILES string of the molecule is Cc1ccc(SN2CCOCCN(N(O)Sc3ccc(C)cc3)CCOCCN(S(=O)(=O)c3ccc(C)cc3)CCOCC2)cc1. The fraction of sp³-hybridized carbons (Fsp3) is 0.455. The van der Waals surface area contributed by atoms with Crippen molar-refractivity contribution in [3.63, 3.8) is 0 Å². The molecule has 46 heavy (non-hydrogen) atoms. The molecular weight excluding hydrogens is 645 g/mol. The van der Waals surface area contributed by atoms with E-state index in [9.17, 15) is 13.6 Å². The van der Waals surface area contributed by atoms with Crippen LogP contribution in [0, 0.1) is 20.8 Å². The highest BCUT2D eigenvalue weighted by atomic mass is 32.2. The van der Waals surface area contributed by atoms with E-state index in [1.165, 1.54) is 21.8 Å². The summed E-state index contributed by atoms with van der Waals surface area (Å²) in [5.41, 5.74) is 3.34. The fourth-order valence-corrected chi connectivity index (χ4v) is 7.53. The molecule has 0 saturated carbocycles. The molecule has 0 radical (unpaired) electrons. The third kappa shape index (κ3) is 12.2. The van der Waals surface area contributed by atoms with Crippen LogP contribution in [-0.4, -0.2) is 111 Å². The van der Waals surface area contributed by atoms with Crippen molar-refractivity contribution in [3.8, 4) is 0 Å². The summed E-state index contributed by atoms with van der Waals surface area (Å²) >= 11 is 2.86. The lowest BCUT2D eigenvalue weighted by Crippen LogP contribution is -2.41. The minimum absolute atomic E-state index is 0.180. The molecule has 13 heteroatoms. The van der Waals surface area contributed by atoms with E-state index in [1.54, 1.807) is 41.2 Å². The minimum Gasteiger partial charge on any atom is -0.379 e. The second-order valence-electron chi connectivity index (χ2n) is 11.0. The Morgan fingerprint density at radius 3 is 1.52 bits per heavy atom. The Hall–Kier alpha value is -2.01. The van der Waals surface area contributed by atoms with Crippen molar-refractivity contribution in [2.75, 3.05) is 78.9 Å². The van der Waals surface area contributed by atoms with Crippen LogP contribution in [0.15, 0.2) is 87.5 Å². The van der Waals surface area contributed by atoms with Crippen LogP contribution in [0.4, 0.5) is 0 Å². The molecule has 252 valence electrons. The minimum atomic E-state index is -3.74. The molecule has 0 spiro atoms. The van der Waals surface area contributed by atoms with Crippen LogP contribution in [0.1, 0.15) is 16.7 Å². The van der Waals surface area contributed by atoms with Crippen molar-refractivity contribution in [3.05, 3.63) is 89.5 Å². The van der Waals surface area contributed by atoms with E-state index in [0.717, 1.165) is 25.5 Å². The number of ether oxygens (including phenoxy) is 3. The molecule has 0 aromatic heterocycles. The molecule has 1 heterocycles. The number of hydrogen-bond acceptors (Lipinski definition) is 11. The van der Waals surface area contributed by atoms with E-state index in [-0.39, 0.29) is 31.2 Å².